The van der Waals surface area contributed by atoms with Crippen LogP contribution in [0.3, 0.4) is 0 Å². The maximum atomic E-state index is 14.0. The van der Waals surface area contributed by atoms with Crippen LogP contribution < -0.4 is 10.5 Å². The number of allylic oxidation sites excluding steroid dienone is 4. The second-order valence-electron chi connectivity index (χ2n) is 14.6. The summed E-state index contributed by atoms with van der Waals surface area (Å²) in [6.07, 6.45) is 6.31. The summed E-state index contributed by atoms with van der Waals surface area (Å²) in [7, 11) is 0. The maximum Gasteiger partial charge on any atom is 0.179 e. The van der Waals surface area contributed by atoms with Crippen molar-refractivity contribution in [2.45, 2.75) is 71.1 Å². The van der Waals surface area contributed by atoms with Gasteiger partial charge in [0.15, 0.2) is 24.0 Å². The summed E-state index contributed by atoms with van der Waals surface area (Å²) in [5.41, 5.74) is 8.67. The highest BCUT2D eigenvalue weighted by atomic mass is 16.5. The van der Waals surface area contributed by atoms with Gasteiger partial charge in [0.2, 0.25) is 0 Å². The van der Waals surface area contributed by atoms with E-state index in [0.717, 1.165) is 30.4 Å². The summed E-state index contributed by atoms with van der Waals surface area (Å²) in [4.78, 5) is 26.2. The van der Waals surface area contributed by atoms with Crippen molar-refractivity contribution < 1.29 is 39.2 Å². The molecule has 0 radical (unpaired) electrons. The van der Waals surface area contributed by atoms with Crippen LogP contribution in [0, 0.1) is 34.5 Å². The highest BCUT2D eigenvalue weighted by Gasteiger charge is 2.63. The number of nitrogens with two attached hydrogens (primary N) is 1. The zero-order valence-electron chi connectivity index (χ0n) is 27.2. The molecule has 1 aromatic heterocycles. The quantitative estimate of drug-likeness (QED) is 0.154. The summed E-state index contributed by atoms with van der Waals surface area (Å²) in [6, 6.07) is 13.8. The van der Waals surface area contributed by atoms with Gasteiger partial charge in [-0.1, -0.05) is 43.7 Å². The smallest absolute Gasteiger partial charge is 0.179 e. The topological polar surface area (TPSA) is 163 Å². The molecule has 3 aromatic rings. The van der Waals surface area contributed by atoms with Gasteiger partial charge in [-0.3, -0.25) is 9.59 Å². The molecule has 6 N–H and O–H groups in total. The molecule has 2 aromatic carbocycles. The van der Waals surface area contributed by atoms with Crippen LogP contribution in [0.1, 0.15) is 75.2 Å². The molecule has 0 spiro atoms. The first-order valence-corrected chi connectivity index (χ1v) is 16.8. The summed E-state index contributed by atoms with van der Waals surface area (Å²) in [5.74, 6) is 0.0900. The van der Waals surface area contributed by atoms with E-state index >= 15 is 0 Å². The predicted molar refractivity (Wildman–Crippen MR) is 178 cm³/mol. The Balaban J connectivity index is 1.08. The van der Waals surface area contributed by atoms with Crippen molar-refractivity contribution in [2.24, 2.45) is 34.5 Å². The van der Waals surface area contributed by atoms with Gasteiger partial charge >= 0.3 is 0 Å². The zero-order valence-corrected chi connectivity index (χ0v) is 27.2. The average Bonchev–Trinajstić information content (AvgIpc) is 3.68. The van der Waals surface area contributed by atoms with Crippen LogP contribution in [0.4, 0.5) is 5.69 Å². The molecule has 3 fully saturated rings. The third-order valence-electron chi connectivity index (χ3n) is 12.0. The molecule has 0 aliphatic heterocycles. The lowest BCUT2D eigenvalue weighted by molar-refractivity contribution is -0.146. The standard InChI is InChI=1S/C39H43NO8/c1-38-13-12-25(41)16-23(38)6-8-28-30-10-11-31(39(30,2)18-32(42)34(28)38)35(43)36(44)33-15-22(20-48-33)27-9-7-26(17-29(27)37(45)46)47-19-21-4-3-5-24(40)14-21/h3-5,7,9,12-17,20,28,30-32,34,36-37,42,44-46H,6,8,10-11,18-19,40H2,1-2H3/t28-,30?,31+,32-,34?,36?,38-,39-/m0/s1. The minimum atomic E-state index is -1.81. The summed E-state index contributed by atoms with van der Waals surface area (Å²) >= 11 is 0. The molecule has 4 aliphatic rings. The van der Waals surface area contributed by atoms with Crippen molar-refractivity contribution in [3.8, 4) is 16.9 Å². The highest BCUT2D eigenvalue weighted by molar-refractivity contribution is 6.01. The van der Waals surface area contributed by atoms with E-state index in [0.29, 0.717) is 35.4 Å². The monoisotopic (exact) mass is 653 g/mol. The molecule has 3 unspecified atom stereocenters. The van der Waals surface area contributed by atoms with Gasteiger partial charge < -0.3 is 35.3 Å². The number of aliphatic hydroxyl groups excluding tert-OH is 3. The van der Waals surface area contributed by atoms with E-state index in [2.05, 4.69) is 13.8 Å². The molecule has 3 saturated carbocycles. The van der Waals surface area contributed by atoms with Crippen molar-refractivity contribution in [1.29, 1.82) is 0 Å². The lowest BCUT2D eigenvalue weighted by Gasteiger charge is -2.58. The van der Waals surface area contributed by atoms with Crippen molar-refractivity contribution in [3.63, 3.8) is 0 Å². The van der Waals surface area contributed by atoms with E-state index in [-0.39, 0.29) is 52.7 Å². The number of hydrogen-bond acceptors (Lipinski definition) is 9. The van der Waals surface area contributed by atoms with E-state index in [9.17, 15) is 30.0 Å². The summed E-state index contributed by atoms with van der Waals surface area (Å²) in [5, 5.41) is 43.4. The van der Waals surface area contributed by atoms with Crippen LogP contribution in [-0.4, -0.2) is 38.1 Å². The normalized spacial score (nSPS) is 31.5. The first-order chi connectivity index (χ1) is 22.9. The molecule has 9 nitrogen and oxygen atoms in total. The Kier molecular flexibility index (Phi) is 8.23. The Hall–Kier alpha value is -4.02. The minimum Gasteiger partial charge on any atom is -0.489 e. The first-order valence-electron chi connectivity index (χ1n) is 16.8. The largest absolute Gasteiger partial charge is 0.489 e. The second-order valence-corrected chi connectivity index (χ2v) is 14.6. The number of fused-ring (bicyclic) bond motifs is 5. The lowest BCUT2D eigenvalue weighted by atomic mass is 9.46. The minimum absolute atomic E-state index is 0.00223. The van der Waals surface area contributed by atoms with Crippen molar-refractivity contribution >= 4 is 17.3 Å². The number of anilines is 1. The van der Waals surface area contributed by atoms with Crippen molar-refractivity contribution in [2.75, 3.05) is 5.73 Å². The Morgan fingerprint density at radius 1 is 1.08 bits per heavy atom. The van der Waals surface area contributed by atoms with Gasteiger partial charge in [-0.05, 0) is 103 Å². The van der Waals surface area contributed by atoms with Crippen LogP contribution in [-0.2, 0) is 16.2 Å². The molecule has 252 valence electrons. The molecule has 1 heterocycles. The van der Waals surface area contributed by atoms with Gasteiger partial charge in [0.25, 0.3) is 0 Å². The Morgan fingerprint density at radius 3 is 2.67 bits per heavy atom. The average molecular weight is 654 g/mol. The number of carbonyl (C=O) groups is 2. The van der Waals surface area contributed by atoms with Gasteiger partial charge in [0, 0.05) is 34.1 Å². The van der Waals surface area contributed by atoms with Gasteiger partial charge in [0.1, 0.15) is 18.1 Å². The van der Waals surface area contributed by atoms with Gasteiger partial charge in [-0.25, -0.2) is 0 Å². The van der Waals surface area contributed by atoms with Crippen LogP contribution in [0.2, 0.25) is 0 Å². The molecule has 0 saturated heterocycles. The number of ketones is 2. The van der Waals surface area contributed by atoms with E-state index in [4.69, 9.17) is 14.9 Å². The number of ether oxygens (including phenoxy) is 1. The molecular weight excluding hydrogens is 610 g/mol. The van der Waals surface area contributed by atoms with Gasteiger partial charge in [0.05, 0.1) is 12.4 Å². The Labute approximate surface area is 279 Å². The highest BCUT2D eigenvalue weighted by Crippen LogP contribution is 2.66. The summed E-state index contributed by atoms with van der Waals surface area (Å²) in [6.45, 7) is 4.46. The fourth-order valence-electron chi connectivity index (χ4n) is 9.72. The maximum absolute atomic E-state index is 14.0. The molecular formula is C39H43NO8. The van der Waals surface area contributed by atoms with E-state index in [1.54, 1.807) is 42.5 Å². The first kappa shape index (κ1) is 32.5. The van der Waals surface area contributed by atoms with Gasteiger partial charge in [-0.15, -0.1) is 0 Å². The van der Waals surface area contributed by atoms with E-state index in [1.807, 2.05) is 18.2 Å². The lowest BCUT2D eigenvalue weighted by Crippen LogP contribution is -2.56. The number of carbonyl (C=O) groups excluding carboxylic acids is 2. The second kappa shape index (κ2) is 12.1. The van der Waals surface area contributed by atoms with Crippen molar-refractivity contribution in [3.05, 3.63) is 95.5 Å². The van der Waals surface area contributed by atoms with Crippen LogP contribution in [0.25, 0.3) is 11.1 Å². The number of hydrogen-bond donors (Lipinski definition) is 5. The number of Topliss-reactive ketones (excluding diaryl/α,β-unsaturated/α-hetero) is 1. The number of rotatable bonds is 8. The molecule has 9 heteroatoms. The van der Waals surface area contributed by atoms with Crippen LogP contribution in [0.5, 0.6) is 5.75 Å². The third-order valence-corrected chi connectivity index (χ3v) is 12.0. The van der Waals surface area contributed by atoms with Crippen LogP contribution in [0.15, 0.2) is 83.0 Å². The molecule has 4 aliphatic carbocycles. The Bertz CT molecular complexity index is 1810. The summed E-state index contributed by atoms with van der Waals surface area (Å²) < 4.78 is 11.6. The fourth-order valence-corrected chi connectivity index (χ4v) is 9.72. The molecule has 7 rings (SSSR count). The SMILES string of the molecule is C[C@]12C=CC(=O)C=C1CC[C@@H]1C2[C@@H](O)C[C@@]2(C)C1CC[C@@H]2C(=O)C(O)c1cc(-c2ccc(OCc3cccc(N)c3)cc2C(O)O)co1. The van der Waals surface area contributed by atoms with E-state index < -0.39 is 29.8 Å². The predicted octanol–water partition coefficient (Wildman–Crippen LogP) is 5.59. The number of furan rings is 1. The molecule has 0 amide bonds. The zero-order chi connectivity index (χ0) is 34.0. The molecule has 0 bridgehead atoms. The molecule has 8 atom stereocenters. The number of nitrogen functional groups attached to an aromatic ring is 1. The van der Waals surface area contributed by atoms with E-state index in [1.165, 1.54) is 12.3 Å². The van der Waals surface area contributed by atoms with Crippen molar-refractivity contribution in [1.82, 2.24) is 0 Å². The Morgan fingerprint density at radius 2 is 1.90 bits per heavy atom. The van der Waals surface area contributed by atoms with Crippen LogP contribution >= 0.6 is 0 Å². The molecule has 48 heavy (non-hydrogen) atoms. The van der Waals surface area contributed by atoms with Gasteiger partial charge in [-0.2, -0.15) is 0 Å². The number of benzene rings is 2. The third kappa shape index (κ3) is 5.43. The fraction of sp³-hybridized carbons (Fsp3) is 0.436. The number of aliphatic hydroxyl groups is 4.